The van der Waals surface area contributed by atoms with Crippen LogP contribution in [-0.4, -0.2) is 19.9 Å². The summed E-state index contributed by atoms with van der Waals surface area (Å²) in [5.74, 6) is 1.45. The van der Waals surface area contributed by atoms with Gasteiger partial charge in [-0.25, -0.2) is 19.9 Å². The molecule has 4 nitrogen and oxygen atoms in total. The maximum absolute atomic E-state index is 5.42. The van der Waals surface area contributed by atoms with Crippen molar-refractivity contribution in [1.82, 2.24) is 19.9 Å². The van der Waals surface area contributed by atoms with Crippen LogP contribution in [0.2, 0.25) is 0 Å². The molecule has 0 saturated heterocycles. The second-order valence-corrected chi connectivity index (χ2v) is 24.8. The molecule has 0 fully saturated rings. The van der Waals surface area contributed by atoms with Gasteiger partial charge in [0.1, 0.15) is 0 Å². The summed E-state index contributed by atoms with van der Waals surface area (Å²) in [6, 6.07) is 97.7. The third-order valence-electron chi connectivity index (χ3n) is 19.3. The van der Waals surface area contributed by atoms with Crippen molar-refractivity contribution in [2.45, 2.75) is 50.4 Å². The van der Waals surface area contributed by atoms with E-state index in [2.05, 4.69) is 295 Å². The van der Waals surface area contributed by atoms with Gasteiger partial charge in [-0.1, -0.05) is 258 Å². The van der Waals surface area contributed by atoms with Gasteiger partial charge in [0.25, 0.3) is 0 Å². The van der Waals surface area contributed by atoms with Gasteiger partial charge in [-0.05, 0) is 137 Å². The Bertz CT molecular complexity index is 4640. The summed E-state index contributed by atoms with van der Waals surface area (Å²) in [7, 11) is 0. The monoisotopic (exact) mass is 1100 g/mol. The van der Waals surface area contributed by atoms with Crippen molar-refractivity contribution in [1.29, 1.82) is 0 Å². The molecule has 4 heteroatoms. The molecule has 0 radical (unpaired) electrons. The first-order valence-corrected chi connectivity index (χ1v) is 30.1. The van der Waals surface area contributed by atoms with E-state index in [0.717, 1.165) is 67.3 Å². The molecule has 0 amide bonds. The average molecular weight is 1100 g/mol. The first-order valence-electron chi connectivity index (χ1n) is 30.1. The van der Waals surface area contributed by atoms with E-state index in [1.54, 1.807) is 0 Å². The van der Waals surface area contributed by atoms with Crippen molar-refractivity contribution in [2.24, 2.45) is 0 Å². The average Bonchev–Trinajstić information content (AvgIpc) is 0.973. The molecule has 11 aromatic carbocycles. The SMILES string of the molecule is CC1(C)c2ccccc2-c2ccc(-c3ccccc3-c3cc(-c4ccc5c(c4)C4c6ccccc6C5c5cc(-c6cc(-c7ccccc7-c7ccc8c(c7)C(C)(C)c7ccccc7-8)nc(-c7ccccc7)n6)ccc54)nc(-c4ccccc4)n3)cc21. The maximum atomic E-state index is 5.42. The van der Waals surface area contributed by atoms with Gasteiger partial charge >= 0.3 is 0 Å². The van der Waals surface area contributed by atoms with E-state index in [9.17, 15) is 0 Å². The zero-order valence-corrected chi connectivity index (χ0v) is 48.3. The van der Waals surface area contributed by atoms with Crippen molar-refractivity contribution in [2.75, 3.05) is 0 Å². The number of hydrogen-bond acceptors (Lipinski definition) is 4. The van der Waals surface area contributed by atoms with Gasteiger partial charge in [0.05, 0.1) is 22.8 Å². The van der Waals surface area contributed by atoms with E-state index in [1.165, 1.54) is 89.0 Å². The van der Waals surface area contributed by atoms with Crippen LogP contribution < -0.4 is 0 Å². The Morgan fingerprint density at radius 1 is 0.221 bits per heavy atom. The lowest BCUT2D eigenvalue weighted by Crippen LogP contribution is -2.27. The van der Waals surface area contributed by atoms with Crippen LogP contribution in [0.5, 0.6) is 0 Å². The van der Waals surface area contributed by atoms with E-state index in [1.807, 2.05) is 0 Å². The smallest absolute Gasteiger partial charge is 0.160 e. The Labute approximate surface area is 502 Å². The normalized spacial score (nSPS) is 15.6. The fourth-order valence-electron chi connectivity index (χ4n) is 15.1. The minimum atomic E-state index is -0.119. The van der Waals surface area contributed by atoms with Crippen molar-refractivity contribution in [3.63, 3.8) is 0 Å². The molecule has 2 unspecified atom stereocenters. The van der Waals surface area contributed by atoms with E-state index in [-0.39, 0.29) is 22.7 Å². The van der Waals surface area contributed by atoms with Gasteiger partial charge in [0, 0.05) is 56.0 Å². The third kappa shape index (κ3) is 7.69. The highest BCUT2D eigenvalue weighted by atomic mass is 14.9. The number of nitrogens with zero attached hydrogens (tertiary/aromatic N) is 4. The standard InChI is InChI=1S/C82H58N4/c1-81(2)69-33-19-17-27-57(69)59-39-35-51(45-71(59)81)55-25-11-13-29-61(55)75-47-73(83-79(85-75)49-21-7-5-8-22-49)53-37-41-65-67(43-53)77-63-31-15-16-32-64(63)78(65)68-44-54(38-42-66(68)77)74-48-76(86-80(84-74)50-23-9-6-10-24-50)62-30-14-12-26-56(62)52-36-40-60-58-28-18-20-34-70(58)82(3,4)72(60)46-52/h5-48,77-78H,1-4H3. The number of rotatable bonds is 8. The molecule has 406 valence electrons. The summed E-state index contributed by atoms with van der Waals surface area (Å²) in [5.41, 5.74) is 32.9. The zero-order valence-electron chi connectivity index (χ0n) is 48.3. The molecule has 86 heavy (non-hydrogen) atoms. The molecule has 5 aliphatic rings. The quantitative estimate of drug-likeness (QED) is 0.152. The third-order valence-corrected chi connectivity index (χ3v) is 19.3. The highest BCUT2D eigenvalue weighted by molar-refractivity contribution is 5.91. The lowest BCUT2D eigenvalue weighted by atomic mass is 9.60. The second-order valence-electron chi connectivity index (χ2n) is 24.8. The van der Waals surface area contributed by atoms with Crippen molar-refractivity contribution in [3.8, 4) is 112 Å². The number of fused-ring (bicyclic) bond motifs is 6. The van der Waals surface area contributed by atoms with Gasteiger partial charge in [-0.2, -0.15) is 0 Å². The van der Waals surface area contributed by atoms with Crippen LogP contribution in [-0.2, 0) is 10.8 Å². The molecule has 18 rings (SSSR count). The first kappa shape index (κ1) is 50.1. The molecule has 0 aliphatic heterocycles. The lowest BCUT2D eigenvalue weighted by Gasteiger charge is -2.42. The fraction of sp³-hybridized carbons (Fsp3) is 0.0976. The van der Waals surface area contributed by atoms with Crippen LogP contribution in [0.4, 0.5) is 0 Å². The van der Waals surface area contributed by atoms with Crippen LogP contribution in [0.15, 0.2) is 267 Å². The Balaban J connectivity index is 0.768. The summed E-state index contributed by atoms with van der Waals surface area (Å²) >= 11 is 0. The van der Waals surface area contributed by atoms with Crippen LogP contribution >= 0.6 is 0 Å². The summed E-state index contributed by atoms with van der Waals surface area (Å²) in [5, 5.41) is 0. The maximum Gasteiger partial charge on any atom is 0.160 e. The highest BCUT2D eigenvalue weighted by Crippen LogP contribution is 2.58. The van der Waals surface area contributed by atoms with Crippen LogP contribution in [0, 0.1) is 0 Å². The number of hydrogen-bond donors (Lipinski definition) is 0. The molecule has 0 saturated carbocycles. The molecule has 13 aromatic rings. The topological polar surface area (TPSA) is 51.6 Å². The van der Waals surface area contributed by atoms with Crippen LogP contribution in [0.1, 0.15) is 95.2 Å². The molecule has 0 spiro atoms. The fourth-order valence-corrected chi connectivity index (χ4v) is 15.1. The van der Waals surface area contributed by atoms with E-state index < -0.39 is 0 Å². The van der Waals surface area contributed by atoms with Gasteiger partial charge < -0.3 is 0 Å². The van der Waals surface area contributed by atoms with Crippen molar-refractivity contribution < 1.29 is 0 Å². The molecule has 2 heterocycles. The lowest BCUT2D eigenvalue weighted by molar-refractivity contribution is 0.660. The van der Waals surface area contributed by atoms with E-state index in [0.29, 0.717) is 11.6 Å². The Morgan fingerprint density at radius 3 is 0.977 bits per heavy atom. The summed E-state index contributed by atoms with van der Waals surface area (Å²) in [6.45, 7) is 9.40. The molecule has 2 aromatic heterocycles. The number of aromatic nitrogens is 4. The predicted molar refractivity (Wildman–Crippen MR) is 351 cm³/mol. The first-order chi connectivity index (χ1) is 42.1. The minimum Gasteiger partial charge on any atom is -0.228 e. The highest BCUT2D eigenvalue weighted by Gasteiger charge is 2.42. The Hall–Kier alpha value is -10.4. The molecule has 5 aliphatic carbocycles. The Morgan fingerprint density at radius 2 is 0.547 bits per heavy atom. The second kappa shape index (κ2) is 19.1. The molecule has 0 N–H and O–H groups in total. The van der Waals surface area contributed by atoms with Gasteiger partial charge in [-0.3, -0.25) is 0 Å². The Kier molecular flexibility index (Phi) is 11.1. The number of benzene rings is 11. The summed E-state index contributed by atoms with van der Waals surface area (Å²) in [4.78, 5) is 21.6. The largest absolute Gasteiger partial charge is 0.228 e. The van der Waals surface area contributed by atoms with Gasteiger partial charge in [0.2, 0.25) is 0 Å². The summed E-state index contributed by atoms with van der Waals surface area (Å²) < 4.78 is 0. The summed E-state index contributed by atoms with van der Waals surface area (Å²) in [6.07, 6.45) is 0. The van der Waals surface area contributed by atoms with E-state index in [4.69, 9.17) is 19.9 Å². The van der Waals surface area contributed by atoms with Crippen LogP contribution in [0.3, 0.4) is 0 Å². The van der Waals surface area contributed by atoms with Crippen molar-refractivity contribution >= 4 is 0 Å². The molecular formula is C82H58N4. The zero-order chi connectivity index (χ0) is 57.4. The molecule has 2 atom stereocenters. The van der Waals surface area contributed by atoms with Crippen LogP contribution in [0.25, 0.3) is 112 Å². The van der Waals surface area contributed by atoms with Crippen molar-refractivity contribution in [3.05, 3.63) is 323 Å². The predicted octanol–water partition coefficient (Wildman–Crippen LogP) is 20.2. The minimum absolute atomic E-state index is 0.0267. The van der Waals surface area contributed by atoms with E-state index >= 15 is 0 Å². The van der Waals surface area contributed by atoms with Gasteiger partial charge in [-0.15, -0.1) is 0 Å². The van der Waals surface area contributed by atoms with Gasteiger partial charge in [0.15, 0.2) is 11.6 Å². The molecular weight excluding hydrogens is 1040 g/mol. The molecule has 2 bridgehead atoms.